The largest absolute Gasteiger partial charge is 0.416 e. The number of nitrogens with two attached hydrogens (primary N) is 1. The number of rotatable bonds is 6. The number of anilines is 2. The van der Waals surface area contributed by atoms with Gasteiger partial charge in [-0.05, 0) is 60.4 Å². The summed E-state index contributed by atoms with van der Waals surface area (Å²) >= 11 is 5.64. The van der Waals surface area contributed by atoms with E-state index >= 15 is 0 Å². The molecule has 0 atom stereocenters. The molecule has 1 amide bonds. The van der Waals surface area contributed by atoms with Gasteiger partial charge in [0.15, 0.2) is 0 Å². The van der Waals surface area contributed by atoms with E-state index in [2.05, 4.69) is 27.5 Å². The van der Waals surface area contributed by atoms with Crippen molar-refractivity contribution in [1.82, 2.24) is 19.9 Å². The molecule has 4 aromatic rings. The number of halogens is 4. The molecule has 1 aliphatic rings. The van der Waals surface area contributed by atoms with Crippen LogP contribution in [-0.4, -0.2) is 27.0 Å². The number of nitrogen functional groups attached to an aromatic ring is 1. The molecule has 0 spiro atoms. The van der Waals surface area contributed by atoms with Gasteiger partial charge in [-0.1, -0.05) is 74.9 Å². The van der Waals surface area contributed by atoms with Crippen LogP contribution in [0.2, 0.25) is 5.02 Å². The van der Waals surface area contributed by atoms with Gasteiger partial charge in [0.25, 0.3) is 0 Å². The first kappa shape index (κ1) is 33.5. The monoisotopic (exact) mass is 614 g/mol. The first-order chi connectivity index (χ1) is 20.5. The Hall–Kier alpha value is -4.05. The fourth-order valence-corrected chi connectivity index (χ4v) is 4.53. The molecule has 0 radical (unpaired) electrons. The van der Waals surface area contributed by atoms with Crippen LogP contribution < -0.4 is 16.4 Å². The molecule has 7 nitrogen and oxygen atoms in total. The van der Waals surface area contributed by atoms with Crippen molar-refractivity contribution in [3.8, 4) is 5.95 Å². The highest BCUT2D eigenvalue weighted by Crippen LogP contribution is 2.29. The van der Waals surface area contributed by atoms with E-state index in [0.29, 0.717) is 17.3 Å². The van der Waals surface area contributed by atoms with E-state index in [1.807, 2.05) is 43.3 Å². The zero-order valence-electron chi connectivity index (χ0n) is 24.4. The summed E-state index contributed by atoms with van der Waals surface area (Å²) in [5.41, 5.74) is 6.80. The number of aryl methyl sites for hydroxylation is 1. The van der Waals surface area contributed by atoms with Crippen molar-refractivity contribution in [2.45, 2.75) is 58.7 Å². The summed E-state index contributed by atoms with van der Waals surface area (Å²) in [6, 6.07) is 17.5. The summed E-state index contributed by atoms with van der Waals surface area (Å²) in [4.78, 5) is 20.4. The quantitative estimate of drug-likeness (QED) is 0.206. The van der Waals surface area contributed by atoms with E-state index in [-0.39, 0.29) is 24.8 Å². The van der Waals surface area contributed by atoms with Crippen molar-refractivity contribution in [1.29, 1.82) is 0 Å². The number of nitrogens with zero attached hydrogens (tertiary/aromatic N) is 3. The van der Waals surface area contributed by atoms with Gasteiger partial charge in [-0.15, -0.1) is 0 Å². The highest BCUT2D eigenvalue weighted by atomic mass is 35.5. The van der Waals surface area contributed by atoms with Gasteiger partial charge in [-0.25, -0.2) is 0 Å². The second kappa shape index (κ2) is 16.6. The van der Waals surface area contributed by atoms with Crippen LogP contribution in [0.1, 0.15) is 55.7 Å². The third kappa shape index (κ3) is 12.4. The highest BCUT2D eigenvalue weighted by Gasteiger charge is 2.29. The van der Waals surface area contributed by atoms with Crippen LogP contribution in [0.25, 0.3) is 5.95 Å². The molecule has 0 saturated heterocycles. The number of carbonyl (C=O) groups excluding carboxylic acids is 1. The van der Waals surface area contributed by atoms with Crippen LogP contribution in [0.4, 0.5) is 24.8 Å². The molecule has 1 fully saturated rings. The van der Waals surface area contributed by atoms with Crippen LogP contribution in [0, 0.1) is 12.8 Å². The van der Waals surface area contributed by atoms with Crippen LogP contribution in [0.3, 0.4) is 0 Å². The molecular weight excluding hydrogens is 577 g/mol. The smallest absolute Gasteiger partial charge is 0.383 e. The third-order valence-electron chi connectivity index (χ3n) is 6.64. The standard InChI is InChI=1S/C18H17F3N6O.C7H7Cl.C7H14/c19-18(20,21)13-5-3-12(4-6-13)10-24-16(28)11-23-15-9-14(22)25-17(26-15)27-7-1-2-8-27;1-6-3-2-4-7(8)5-6;1-7-5-3-2-4-6-7/h1-9H,10-11H2,(H,24,28)(H3,22,23,25,26);2-5H,1H3;7H,2-6H2,1H3. The van der Waals surface area contributed by atoms with Crippen LogP contribution in [-0.2, 0) is 17.5 Å². The van der Waals surface area contributed by atoms with Crippen LogP contribution in [0.15, 0.2) is 79.1 Å². The number of hydrogen-bond acceptors (Lipinski definition) is 5. The zero-order chi connectivity index (χ0) is 31.2. The van der Waals surface area contributed by atoms with Gasteiger partial charge in [-0.3, -0.25) is 9.36 Å². The Morgan fingerprint density at radius 3 is 2.21 bits per heavy atom. The molecule has 2 heterocycles. The summed E-state index contributed by atoms with van der Waals surface area (Å²) in [6.45, 7) is 4.41. The van der Waals surface area contributed by atoms with Gasteiger partial charge < -0.3 is 16.4 Å². The van der Waals surface area contributed by atoms with E-state index in [0.717, 1.165) is 23.1 Å². The first-order valence-corrected chi connectivity index (χ1v) is 14.5. The Balaban J connectivity index is 0.000000273. The number of hydrogen-bond donors (Lipinski definition) is 3. The van der Waals surface area contributed by atoms with Crippen molar-refractivity contribution in [3.63, 3.8) is 0 Å². The number of benzene rings is 2. The fourth-order valence-electron chi connectivity index (χ4n) is 4.28. The lowest BCUT2D eigenvalue weighted by Crippen LogP contribution is -2.29. The Morgan fingerprint density at radius 1 is 1.00 bits per heavy atom. The molecule has 2 aromatic heterocycles. The maximum atomic E-state index is 12.5. The minimum Gasteiger partial charge on any atom is -0.383 e. The lowest BCUT2D eigenvalue weighted by atomic mass is 9.91. The SMILES string of the molecule is CC1CCCCC1.Cc1cccc(Cl)c1.Nc1cc(NCC(=O)NCc2ccc(C(F)(F)F)cc2)nc(-n2cccc2)n1. The highest BCUT2D eigenvalue weighted by molar-refractivity contribution is 6.30. The van der Waals surface area contributed by atoms with Gasteiger partial charge >= 0.3 is 6.18 Å². The Bertz CT molecular complexity index is 1390. The van der Waals surface area contributed by atoms with Gasteiger partial charge in [0.1, 0.15) is 11.6 Å². The molecular formula is C32H38ClF3N6O. The van der Waals surface area contributed by atoms with Crippen molar-refractivity contribution in [2.24, 2.45) is 5.92 Å². The van der Waals surface area contributed by atoms with Crippen LogP contribution >= 0.6 is 11.6 Å². The van der Waals surface area contributed by atoms with Crippen molar-refractivity contribution in [2.75, 3.05) is 17.6 Å². The minimum absolute atomic E-state index is 0.0811. The molecule has 43 heavy (non-hydrogen) atoms. The molecule has 0 bridgehead atoms. The van der Waals surface area contributed by atoms with Crippen molar-refractivity contribution < 1.29 is 18.0 Å². The number of carbonyl (C=O) groups is 1. The summed E-state index contributed by atoms with van der Waals surface area (Å²) in [5, 5.41) is 6.28. The van der Waals surface area contributed by atoms with E-state index in [9.17, 15) is 18.0 Å². The second-order valence-corrected chi connectivity index (χ2v) is 10.9. The lowest BCUT2D eigenvalue weighted by Gasteiger charge is -2.15. The Labute approximate surface area is 255 Å². The van der Waals surface area contributed by atoms with Crippen molar-refractivity contribution >= 4 is 29.1 Å². The number of aromatic nitrogens is 3. The fraction of sp³-hybridized carbons (Fsp3) is 0.344. The molecule has 4 N–H and O–H groups in total. The summed E-state index contributed by atoms with van der Waals surface area (Å²) in [7, 11) is 0. The summed E-state index contributed by atoms with van der Waals surface area (Å²) < 4.78 is 39.3. The molecule has 5 rings (SSSR count). The molecule has 0 unspecified atom stereocenters. The number of amides is 1. The maximum absolute atomic E-state index is 12.5. The van der Waals surface area contributed by atoms with E-state index in [4.69, 9.17) is 17.3 Å². The predicted octanol–water partition coefficient (Wildman–Crippen LogP) is 7.83. The van der Waals surface area contributed by atoms with Crippen LogP contribution in [0.5, 0.6) is 0 Å². The zero-order valence-corrected chi connectivity index (χ0v) is 25.1. The predicted molar refractivity (Wildman–Crippen MR) is 166 cm³/mol. The van der Waals surface area contributed by atoms with Gasteiger partial charge in [0.05, 0.1) is 12.1 Å². The molecule has 1 saturated carbocycles. The Kier molecular flexibility index (Phi) is 12.9. The van der Waals surface area contributed by atoms with Crippen molar-refractivity contribution in [3.05, 3.63) is 101 Å². The maximum Gasteiger partial charge on any atom is 0.416 e. The van der Waals surface area contributed by atoms with E-state index < -0.39 is 11.7 Å². The topological polar surface area (TPSA) is 97.9 Å². The number of alkyl halides is 3. The third-order valence-corrected chi connectivity index (χ3v) is 6.88. The minimum atomic E-state index is -4.38. The van der Waals surface area contributed by atoms with Gasteiger partial charge in [0, 0.05) is 30.0 Å². The molecule has 2 aromatic carbocycles. The normalized spacial score (nSPS) is 13.2. The molecule has 11 heteroatoms. The van der Waals surface area contributed by atoms with Gasteiger partial charge in [-0.2, -0.15) is 23.1 Å². The first-order valence-electron chi connectivity index (χ1n) is 14.2. The summed E-state index contributed by atoms with van der Waals surface area (Å²) in [5.74, 6) is 1.67. The molecule has 0 aliphatic heterocycles. The van der Waals surface area contributed by atoms with Gasteiger partial charge in [0.2, 0.25) is 11.9 Å². The Morgan fingerprint density at radius 2 is 1.67 bits per heavy atom. The summed E-state index contributed by atoms with van der Waals surface area (Å²) in [6.07, 6.45) is 6.57. The number of nitrogens with one attached hydrogen (secondary N) is 2. The second-order valence-electron chi connectivity index (χ2n) is 10.4. The van der Waals surface area contributed by atoms with E-state index in [1.165, 1.54) is 55.9 Å². The molecule has 230 valence electrons. The average Bonchev–Trinajstić information content (AvgIpc) is 3.51. The average molecular weight is 615 g/mol. The lowest BCUT2D eigenvalue weighted by molar-refractivity contribution is -0.137. The molecule has 1 aliphatic carbocycles. The van der Waals surface area contributed by atoms with E-state index in [1.54, 1.807) is 17.0 Å².